The summed E-state index contributed by atoms with van der Waals surface area (Å²) in [5, 5.41) is 3.94. The number of piperidine rings is 1. The van der Waals surface area contributed by atoms with E-state index >= 15 is 0 Å². The van der Waals surface area contributed by atoms with Gasteiger partial charge in [0.15, 0.2) is 0 Å². The fourth-order valence-electron chi connectivity index (χ4n) is 4.14. The number of hydrogen-bond acceptors (Lipinski definition) is 5. The highest BCUT2D eigenvalue weighted by molar-refractivity contribution is 5.92. The summed E-state index contributed by atoms with van der Waals surface area (Å²) in [6.07, 6.45) is 4.51. The summed E-state index contributed by atoms with van der Waals surface area (Å²) in [4.78, 5) is 19.3. The van der Waals surface area contributed by atoms with Crippen LogP contribution in [0.5, 0.6) is 0 Å². The molecule has 168 valence electrons. The van der Waals surface area contributed by atoms with Crippen molar-refractivity contribution in [3.8, 4) is 11.3 Å². The molecule has 1 aliphatic rings. The van der Waals surface area contributed by atoms with Crippen LogP contribution in [0.25, 0.3) is 11.3 Å². The number of rotatable bonds is 5. The molecule has 2 aromatic heterocycles. The lowest BCUT2D eigenvalue weighted by molar-refractivity contribution is 0.0528. The molecule has 4 aromatic rings. The van der Waals surface area contributed by atoms with Crippen LogP contribution in [-0.4, -0.2) is 27.5 Å². The fourth-order valence-corrected chi connectivity index (χ4v) is 4.14. The zero-order valence-corrected chi connectivity index (χ0v) is 17.7. The molecule has 1 atom stereocenters. The number of carbonyl (C=O) groups excluding carboxylic acids is 1. The van der Waals surface area contributed by atoms with Crippen molar-refractivity contribution in [2.24, 2.45) is 0 Å². The van der Waals surface area contributed by atoms with Gasteiger partial charge in [0.25, 0.3) is 5.91 Å². The standard InChI is InChI=1S/C25H21F2N3O3/c26-18-7-3-5-16(11-18)12-20-15-28-24(32-20)22-9-1-2-10-30(22)25(31)23-14-21(29-33-23)17-6-4-8-19(27)13-17/h3-8,11,13-15,22H,1-2,9-10,12H2/t22-/m0/s1. The van der Waals surface area contributed by atoms with E-state index in [2.05, 4.69) is 10.1 Å². The molecule has 1 fully saturated rings. The first-order valence-corrected chi connectivity index (χ1v) is 10.8. The van der Waals surface area contributed by atoms with Gasteiger partial charge in [-0.05, 0) is 49.1 Å². The lowest BCUT2D eigenvalue weighted by Crippen LogP contribution is -2.38. The van der Waals surface area contributed by atoms with Crippen molar-refractivity contribution in [2.45, 2.75) is 31.7 Å². The van der Waals surface area contributed by atoms with Gasteiger partial charge in [-0.15, -0.1) is 0 Å². The van der Waals surface area contributed by atoms with E-state index in [-0.39, 0.29) is 23.5 Å². The quantitative estimate of drug-likeness (QED) is 0.399. The normalized spacial score (nSPS) is 16.2. The Morgan fingerprint density at radius 1 is 1.06 bits per heavy atom. The molecule has 1 aliphatic heterocycles. The molecule has 0 unspecified atom stereocenters. The van der Waals surface area contributed by atoms with E-state index < -0.39 is 5.82 Å². The molecule has 0 spiro atoms. The molecule has 0 aliphatic carbocycles. The Morgan fingerprint density at radius 3 is 2.70 bits per heavy atom. The van der Waals surface area contributed by atoms with Gasteiger partial charge < -0.3 is 13.8 Å². The first kappa shape index (κ1) is 21.1. The minimum absolute atomic E-state index is 0.0766. The Bertz CT molecular complexity index is 1280. The summed E-state index contributed by atoms with van der Waals surface area (Å²) in [5.41, 5.74) is 1.70. The van der Waals surface area contributed by atoms with E-state index in [1.165, 1.54) is 30.3 Å². The van der Waals surface area contributed by atoms with Crippen molar-refractivity contribution in [3.63, 3.8) is 0 Å². The van der Waals surface area contributed by atoms with Gasteiger partial charge in [-0.25, -0.2) is 13.8 Å². The van der Waals surface area contributed by atoms with Crippen LogP contribution in [0, 0.1) is 11.6 Å². The largest absolute Gasteiger partial charge is 0.443 e. The van der Waals surface area contributed by atoms with Crippen LogP contribution in [0.4, 0.5) is 8.78 Å². The molecule has 3 heterocycles. The number of carbonyl (C=O) groups is 1. The summed E-state index contributed by atoms with van der Waals surface area (Å²) in [6, 6.07) is 13.5. The molecule has 6 nitrogen and oxygen atoms in total. The van der Waals surface area contributed by atoms with Gasteiger partial charge in [-0.3, -0.25) is 4.79 Å². The Hall–Kier alpha value is -3.81. The monoisotopic (exact) mass is 449 g/mol. The summed E-state index contributed by atoms with van der Waals surface area (Å²) in [5.74, 6) is 0.103. The highest BCUT2D eigenvalue weighted by Gasteiger charge is 2.33. The molecule has 33 heavy (non-hydrogen) atoms. The summed E-state index contributed by atoms with van der Waals surface area (Å²) >= 11 is 0. The van der Waals surface area contributed by atoms with E-state index in [1.54, 1.807) is 29.3 Å². The van der Waals surface area contributed by atoms with Crippen molar-refractivity contribution < 1.29 is 22.5 Å². The van der Waals surface area contributed by atoms with Gasteiger partial charge in [0, 0.05) is 24.6 Å². The molecule has 2 aromatic carbocycles. The molecule has 1 amide bonds. The Kier molecular flexibility index (Phi) is 5.73. The third-order valence-electron chi connectivity index (χ3n) is 5.73. The van der Waals surface area contributed by atoms with Crippen LogP contribution in [0.15, 0.2) is 69.7 Å². The molecule has 8 heteroatoms. The third kappa shape index (κ3) is 4.55. The fraction of sp³-hybridized carbons (Fsp3) is 0.240. The second-order valence-corrected chi connectivity index (χ2v) is 8.07. The summed E-state index contributed by atoms with van der Waals surface area (Å²) in [7, 11) is 0. The molecule has 0 bridgehead atoms. The zero-order chi connectivity index (χ0) is 22.8. The average Bonchev–Trinajstić information content (AvgIpc) is 3.49. The Labute approximate surface area is 188 Å². The topological polar surface area (TPSA) is 72.4 Å². The van der Waals surface area contributed by atoms with Gasteiger partial charge in [-0.2, -0.15) is 0 Å². The van der Waals surface area contributed by atoms with Crippen LogP contribution in [-0.2, 0) is 6.42 Å². The number of aromatic nitrogens is 2. The minimum Gasteiger partial charge on any atom is -0.443 e. The lowest BCUT2D eigenvalue weighted by Gasteiger charge is -2.32. The Balaban J connectivity index is 1.35. The molecular weight excluding hydrogens is 428 g/mol. The molecule has 0 saturated carbocycles. The first-order valence-electron chi connectivity index (χ1n) is 10.8. The number of oxazole rings is 1. The zero-order valence-electron chi connectivity index (χ0n) is 17.7. The van der Waals surface area contributed by atoms with E-state index in [4.69, 9.17) is 8.94 Å². The maximum atomic E-state index is 13.5. The van der Waals surface area contributed by atoms with Crippen molar-refractivity contribution in [1.82, 2.24) is 15.0 Å². The number of hydrogen-bond donors (Lipinski definition) is 0. The highest BCUT2D eigenvalue weighted by atomic mass is 19.1. The summed E-state index contributed by atoms with van der Waals surface area (Å²) in [6.45, 7) is 0.529. The SMILES string of the molecule is O=C(c1cc(-c2cccc(F)c2)no1)N1CCCC[C@H]1c1ncc(Cc2cccc(F)c2)o1. The van der Waals surface area contributed by atoms with E-state index in [1.807, 2.05) is 6.07 Å². The third-order valence-corrected chi connectivity index (χ3v) is 5.73. The number of nitrogens with zero attached hydrogens (tertiary/aromatic N) is 3. The van der Waals surface area contributed by atoms with Gasteiger partial charge in [0.2, 0.25) is 11.7 Å². The van der Waals surface area contributed by atoms with Crippen LogP contribution >= 0.6 is 0 Å². The smallest absolute Gasteiger partial charge is 0.293 e. The molecule has 5 rings (SSSR count). The highest BCUT2D eigenvalue weighted by Crippen LogP contribution is 2.33. The van der Waals surface area contributed by atoms with E-state index in [0.717, 1.165) is 18.4 Å². The average molecular weight is 449 g/mol. The molecule has 1 saturated heterocycles. The van der Waals surface area contributed by atoms with Gasteiger partial charge in [0.05, 0.1) is 6.20 Å². The van der Waals surface area contributed by atoms with Crippen molar-refractivity contribution in [1.29, 1.82) is 0 Å². The predicted molar refractivity (Wildman–Crippen MR) is 115 cm³/mol. The summed E-state index contributed by atoms with van der Waals surface area (Å²) < 4.78 is 38.3. The first-order chi connectivity index (χ1) is 16.1. The van der Waals surface area contributed by atoms with Gasteiger partial charge in [0.1, 0.15) is 29.1 Å². The predicted octanol–water partition coefficient (Wildman–Crippen LogP) is 5.57. The van der Waals surface area contributed by atoms with Crippen LogP contribution in [0.3, 0.4) is 0 Å². The van der Waals surface area contributed by atoms with Gasteiger partial charge >= 0.3 is 0 Å². The van der Waals surface area contributed by atoms with Crippen LogP contribution in [0.2, 0.25) is 0 Å². The molecule has 0 N–H and O–H groups in total. The van der Waals surface area contributed by atoms with Crippen molar-refractivity contribution in [2.75, 3.05) is 6.54 Å². The Morgan fingerprint density at radius 2 is 1.88 bits per heavy atom. The van der Waals surface area contributed by atoms with E-state index in [9.17, 15) is 13.6 Å². The van der Waals surface area contributed by atoms with Gasteiger partial charge in [-0.1, -0.05) is 29.4 Å². The maximum absolute atomic E-state index is 13.5. The molecule has 0 radical (unpaired) electrons. The van der Waals surface area contributed by atoms with Crippen LogP contribution in [0.1, 0.15) is 53.1 Å². The second kappa shape index (κ2) is 8.97. The minimum atomic E-state index is -0.391. The van der Waals surface area contributed by atoms with Crippen LogP contribution < -0.4 is 0 Å². The number of halogens is 2. The number of likely N-dealkylation sites (tertiary alicyclic amines) is 1. The van der Waals surface area contributed by atoms with Crippen molar-refractivity contribution >= 4 is 5.91 Å². The van der Waals surface area contributed by atoms with E-state index in [0.29, 0.717) is 42.3 Å². The number of benzene rings is 2. The van der Waals surface area contributed by atoms with Crippen molar-refractivity contribution in [3.05, 3.63) is 95.4 Å². The lowest BCUT2D eigenvalue weighted by atomic mass is 10.0. The second-order valence-electron chi connectivity index (χ2n) is 8.07. The molecular formula is C25H21F2N3O3. The maximum Gasteiger partial charge on any atom is 0.293 e. The number of amides is 1.